The maximum Gasteiger partial charge on any atom is 0.175 e. The van der Waals surface area contributed by atoms with Crippen molar-refractivity contribution in [3.63, 3.8) is 0 Å². The van der Waals surface area contributed by atoms with Crippen LogP contribution in [-0.2, 0) is 9.84 Å². The highest BCUT2D eigenvalue weighted by molar-refractivity contribution is 7.90. The van der Waals surface area contributed by atoms with Crippen LogP contribution < -0.4 is 0 Å². The van der Waals surface area contributed by atoms with Crippen LogP contribution in [0.1, 0.15) is 34.6 Å². The van der Waals surface area contributed by atoms with Crippen LogP contribution in [0.25, 0.3) is 11.1 Å². The Hall–Kier alpha value is -3.77. The number of sulfone groups is 1. The first-order chi connectivity index (χ1) is 16.4. The van der Waals surface area contributed by atoms with Gasteiger partial charge in [0.25, 0.3) is 0 Å². The number of oxime groups is 1. The molecule has 0 amide bonds. The first-order valence-electron chi connectivity index (χ1n) is 10.9. The molecule has 0 spiro atoms. The molecule has 172 valence electrons. The van der Waals surface area contributed by atoms with Gasteiger partial charge in [-0.25, -0.2) is 8.42 Å². The molecule has 3 aromatic carbocycles. The standard InChI is InChI=1S/C28H26N2O3S/c1-20-6-3-4-9-26(20)27(19-28(30-31)23-14-16-29-17-15-23)22-12-10-21(11-13-22)24-7-5-8-25(18-24)34(2,32)33/h3-18,27,31H,19H2,1-2H3/b30-28+. The van der Waals surface area contributed by atoms with Crippen LogP contribution >= 0.6 is 0 Å². The predicted molar refractivity (Wildman–Crippen MR) is 135 cm³/mol. The number of hydrogen-bond donors (Lipinski definition) is 1. The van der Waals surface area contributed by atoms with Gasteiger partial charge in [-0.15, -0.1) is 0 Å². The smallest absolute Gasteiger partial charge is 0.175 e. The molecule has 4 aromatic rings. The van der Waals surface area contributed by atoms with Crippen LogP contribution in [0.2, 0.25) is 0 Å². The zero-order valence-corrected chi connectivity index (χ0v) is 19.9. The van der Waals surface area contributed by atoms with E-state index in [-0.39, 0.29) is 5.92 Å². The number of aromatic nitrogens is 1. The van der Waals surface area contributed by atoms with E-state index in [0.717, 1.165) is 33.4 Å². The third-order valence-corrected chi connectivity index (χ3v) is 7.11. The second-order valence-corrected chi connectivity index (χ2v) is 10.3. The molecule has 0 bridgehead atoms. The fourth-order valence-electron chi connectivity index (χ4n) is 4.15. The van der Waals surface area contributed by atoms with Crippen molar-refractivity contribution in [1.82, 2.24) is 4.98 Å². The largest absolute Gasteiger partial charge is 0.411 e. The van der Waals surface area contributed by atoms with Crippen LogP contribution in [0.3, 0.4) is 0 Å². The molecule has 1 N–H and O–H groups in total. The number of aryl methyl sites for hydroxylation is 1. The van der Waals surface area contributed by atoms with Gasteiger partial charge in [0.15, 0.2) is 9.84 Å². The Morgan fingerprint density at radius 3 is 2.26 bits per heavy atom. The zero-order valence-electron chi connectivity index (χ0n) is 19.1. The molecule has 1 unspecified atom stereocenters. The summed E-state index contributed by atoms with van der Waals surface area (Å²) < 4.78 is 23.9. The van der Waals surface area contributed by atoms with E-state index in [1.165, 1.54) is 6.26 Å². The van der Waals surface area contributed by atoms with Gasteiger partial charge in [0.05, 0.1) is 10.6 Å². The quantitative estimate of drug-likeness (QED) is 0.208. The Bertz CT molecular complexity index is 1410. The van der Waals surface area contributed by atoms with Gasteiger partial charge in [-0.3, -0.25) is 4.98 Å². The predicted octanol–water partition coefficient (Wildman–Crippen LogP) is 5.86. The Morgan fingerprint density at radius 2 is 1.62 bits per heavy atom. The van der Waals surface area contributed by atoms with Crippen molar-refractivity contribution in [1.29, 1.82) is 0 Å². The Labute approximate surface area is 200 Å². The van der Waals surface area contributed by atoms with Crippen molar-refractivity contribution in [3.05, 3.63) is 120 Å². The van der Waals surface area contributed by atoms with E-state index in [1.54, 1.807) is 30.6 Å². The molecule has 0 aliphatic carbocycles. The maximum atomic E-state index is 12.0. The average Bonchev–Trinajstić information content (AvgIpc) is 2.86. The van der Waals surface area contributed by atoms with Gasteiger partial charge in [-0.1, -0.05) is 65.8 Å². The molecule has 1 aromatic heterocycles. The Kier molecular flexibility index (Phi) is 6.89. The summed E-state index contributed by atoms with van der Waals surface area (Å²) in [6, 6.07) is 27.0. The van der Waals surface area contributed by atoms with Gasteiger partial charge in [-0.2, -0.15) is 0 Å². The minimum Gasteiger partial charge on any atom is -0.411 e. The van der Waals surface area contributed by atoms with Crippen LogP contribution in [0.4, 0.5) is 0 Å². The zero-order chi connectivity index (χ0) is 24.1. The fourth-order valence-corrected chi connectivity index (χ4v) is 4.82. The summed E-state index contributed by atoms with van der Waals surface area (Å²) in [6.45, 7) is 2.08. The first-order valence-corrected chi connectivity index (χ1v) is 12.8. The lowest BCUT2D eigenvalue weighted by atomic mass is 9.83. The van der Waals surface area contributed by atoms with Crippen molar-refractivity contribution in [2.75, 3.05) is 6.26 Å². The van der Waals surface area contributed by atoms with Crippen LogP contribution in [0.5, 0.6) is 0 Å². The van der Waals surface area contributed by atoms with Gasteiger partial charge in [0.1, 0.15) is 0 Å². The van der Waals surface area contributed by atoms with Gasteiger partial charge in [0.2, 0.25) is 0 Å². The molecule has 4 rings (SSSR count). The number of hydrogen-bond acceptors (Lipinski definition) is 5. The molecule has 0 radical (unpaired) electrons. The molecule has 0 saturated heterocycles. The fraction of sp³-hybridized carbons (Fsp3) is 0.143. The third kappa shape index (κ3) is 5.24. The summed E-state index contributed by atoms with van der Waals surface area (Å²) >= 11 is 0. The Balaban J connectivity index is 1.72. The third-order valence-electron chi connectivity index (χ3n) is 6.00. The summed E-state index contributed by atoms with van der Waals surface area (Å²) in [5.41, 5.74) is 6.58. The SMILES string of the molecule is Cc1ccccc1C(C/C(=N\O)c1ccncc1)c1ccc(-c2cccc(S(C)(=O)=O)c2)cc1. The second-order valence-electron chi connectivity index (χ2n) is 8.32. The summed E-state index contributed by atoms with van der Waals surface area (Å²) in [6.07, 6.45) is 5.09. The van der Waals surface area contributed by atoms with Crippen molar-refractivity contribution in [3.8, 4) is 11.1 Å². The van der Waals surface area contributed by atoms with Gasteiger partial charge in [-0.05, 0) is 59.0 Å². The normalized spacial score (nSPS) is 12.9. The van der Waals surface area contributed by atoms with E-state index in [1.807, 2.05) is 42.5 Å². The van der Waals surface area contributed by atoms with E-state index in [0.29, 0.717) is 17.0 Å². The lowest BCUT2D eigenvalue weighted by Crippen LogP contribution is -2.11. The highest BCUT2D eigenvalue weighted by Gasteiger charge is 2.20. The van der Waals surface area contributed by atoms with E-state index < -0.39 is 9.84 Å². The molecule has 34 heavy (non-hydrogen) atoms. The Morgan fingerprint density at radius 1 is 0.912 bits per heavy atom. The van der Waals surface area contributed by atoms with Crippen molar-refractivity contribution in [2.45, 2.75) is 24.2 Å². The average molecular weight is 471 g/mol. The van der Waals surface area contributed by atoms with Gasteiger partial charge in [0, 0.05) is 36.6 Å². The summed E-state index contributed by atoms with van der Waals surface area (Å²) in [5.74, 6) is -0.0309. The van der Waals surface area contributed by atoms with Crippen molar-refractivity contribution < 1.29 is 13.6 Å². The molecule has 0 saturated carbocycles. The molecule has 0 aliphatic rings. The van der Waals surface area contributed by atoms with Crippen molar-refractivity contribution >= 4 is 15.5 Å². The monoisotopic (exact) mass is 470 g/mol. The van der Waals surface area contributed by atoms with Gasteiger partial charge >= 0.3 is 0 Å². The molecule has 0 fully saturated rings. The molecule has 1 atom stereocenters. The molecular formula is C28H26N2O3S. The number of nitrogens with zero attached hydrogens (tertiary/aromatic N) is 2. The first kappa shape index (κ1) is 23.4. The van der Waals surface area contributed by atoms with Gasteiger partial charge < -0.3 is 5.21 Å². The van der Waals surface area contributed by atoms with E-state index >= 15 is 0 Å². The van der Waals surface area contributed by atoms with Crippen LogP contribution in [-0.4, -0.2) is 30.6 Å². The second kappa shape index (κ2) is 10.0. The minimum absolute atomic E-state index is 0.0309. The molecule has 6 heteroatoms. The number of rotatable bonds is 7. The molecule has 1 heterocycles. The number of pyridine rings is 1. The molecule has 0 aliphatic heterocycles. The highest BCUT2D eigenvalue weighted by atomic mass is 32.2. The molecular weight excluding hydrogens is 444 g/mol. The van der Waals surface area contributed by atoms with E-state index in [9.17, 15) is 13.6 Å². The lowest BCUT2D eigenvalue weighted by molar-refractivity contribution is 0.317. The highest BCUT2D eigenvalue weighted by Crippen LogP contribution is 2.33. The summed E-state index contributed by atoms with van der Waals surface area (Å²) in [4.78, 5) is 4.36. The number of benzene rings is 3. The van der Waals surface area contributed by atoms with E-state index in [4.69, 9.17) is 0 Å². The van der Waals surface area contributed by atoms with E-state index in [2.05, 4.69) is 41.3 Å². The van der Waals surface area contributed by atoms with Crippen molar-refractivity contribution in [2.24, 2.45) is 5.16 Å². The lowest BCUT2D eigenvalue weighted by Gasteiger charge is -2.21. The molecule has 5 nitrogen and oxygen atoms in total. The topological polar surface area (TPSA) is 79.6 Å². The minimum atomic E-state index is -3.28. The summed E-state index contributed by atoms with van der Waals surface area (Å²) in [5, 5.41) is 13.4. The van der Waals surface area contributed by atoms with Crippen LogP contribution in [0, 0.1) is 6.92 Å². The van der Waals surface area contributed by atoms with Crippen LogP contribution in [0.15, 0.2) is 107 Å². The maximum absolute atomic E-state index is 12.0. The summed E-state index contributed by atoms with van der Waals surface area (Å²) in [7, 11) is -3.28.